The Bertz CT molecular complexity index is 760. The van der Waals surface area contributed by atoms with Crippen molar-refractivity contribution in [3.8, 4) is 0 Å². The Balaban J connectivity index is 1.99. The van der Waals surface area contributed by atoms with E-state index in [-0.39, 0.29) is 5.56 Å². The average Bonchev–Trinajstić information content (AvgIpc) is 2.96. The summed E-state index contributed by atoms with van der Waals surface area (Å²) in [7, 11) is 0. The van der Waals surface area contributed by atoms with E-state index >= 15 is 0 Å². The molecular formula is C13H11N3O2S. The Morgan fingerprint density at radius 1 is 1.42 bits per heavy atom. The zero-order valence-corrected chi connectivity index (χ0v) is 11.0. The van der Waals surface area contributed by atoms with Crippen molar-refractivity contribution in [2.45, 2.75) is 13.5 Å². The molecule has 19 heavy (non-hydrogen) atoms. The molecule has 0 aliphatic carbocycles. The topological polar surface area (TPSA) is 68.0 Å². The highest BCUT2D eigenvalue weighted by atomic mass is 32.1. The molecule has 0 spiro atoms. The molecule has 6 heteroatoms. The van der Waals surface area contributed by atoms with Crippen LogP contribution in [0.25, 0.3) is 11.0 Å². The number of hydrogen-bond donors (Lipinski definition) is 1. The fourth-order valence-corrected chi connectivity index (χ4v) is 2.73. The minimum Gasteiger partial charge on any atom is -0.478 e. The van der Waals surface area contributed by atoms with E-state index in [1.807, 2.05) is 17.7 Å². The number of hydrogen-bond acceptors (Lipinski definition) is 4. The van der Waals surface area contributed by atoms with Crippen molar-refractivity contribution < 1.29 is 9.90 Å². The summed E-state index contributed by atoms with van der Waals surface area (Å²) < 4.78 is 1.97. The summed E-state index contributed by atoms with van der Waals surface area (Å²) in [6, 6.07) is 4.96. The van der Waals surface area contributed by atoms with Gasteiger partial charge in [-0.15, -0.1) is 11.3 Å². The number of benzene rings is 1. The molecule has 0 bridgehead atoms. The van der Waals surface area contributed by atoms with Gasteiger partial charge in [0.1, 0.15) is 5.01 Å². The van der Waals surface area contributed by atoms with Gasteiger partial charge in [0.05, 0.1) is 29.5 Å². The van der Waals surface area contributed by atoms with E-state index in [4.69, 9.17) is 5.11 Å². The Labute approximate surface area is 113 Å². The number of carboxylic acid groups (broad SMARTS) is 1. The maximum atomic E-state index is 10.9. The third-order valence-corrected chi connectivity index (χ3v) is 3.74. The molecule has 0 atom stereocenters. The predicted molar refractivity (Wildman–Crippen MR) is 72.6 cm³/mol. The van der Waals surface area contributed by atoms with E-state index in [1.165, 1.54) is 4.88 Å². The number of imidazole rings is 1. The number of aromatic carboxylic acids is 1. The molecule has 0 aliphatic rings. The second-order valence-corrected chi connectivity index (χ2v) is 5.57. The van der Waals surface area contributed by atoms with Gasteiger partial charge in [-0.05, 0) is 25.1 Å². The van der Waals surface area contributed by atoms with E-state index in [1.54, 1.807) is 35.9 Å². The lowest BCUT2D eigenvalue weighted by atomic mass is 10.2. The van der Waals surface area contributed by atoms with Crippen molar-refractivity contribution in [3.63, 3.8) is 0 Å². The summed E-state index contributed by atoms with van der Waals surface area (Å²) in [6.45, 7) is 2.67. The molecule has 0 aliphatic heterocycles. The number of aryl methyl sites for hydroxylation is 1. The smallest absolute Gasteiger partial charge is 0.335 e. The maximum absolute atomic E-state index is 10.9. The SMILES string of the molecule is Cc1cnc(Cn2cnc3cc(C(=O)O)ccc32)s1. The number of rotatable bonds is 3. The quantitative estimate of drug-likeness (QED) is 0.796. The molecule has 96 valence electrons. The fraction of sp³-hybridized carbons (Fsp3) is 0.154. The first-order valence-electron chi connectivity index (χ1n) is 5.73. The van der Waals surface area contributed by atoms with Crippen LogP contribution in [0.4, 0.5) is 0 Å². The van der Waals surface area contributed by atoms with Gasteiger partial charge in [-0.3, -0.25) is 0 Å². The highest BCUT2D eigenvalue weighted by Gasteiger charge is 2.09. The molecule has 1 aromatic carbocycles. The number of fused-ring (bicyclic) bond motifs is 1. The first kappa shape index (κ1) is 11.9. The van der Waals surface area contributed by atoms with E-state index < -0.39 is 5.97 Å². The van der Waals surface area contributed by atoms with Gasteiger partial charge in [-0.2, -0.15) is 0 Å². The molecule has 5 nitrogen and oxygen atoms in total. The second-order valence-electron chi connectivity index (χ2n) is 4.25. The largest absolute Gasteiger partial charge is 0.478 e. The predicted octanol–water partition coefficient (Wildman–Crippen LogP) is 2.55. The van der Waals surface area contributed by atoms with E-state index in [9.17, 15) is 4.79 Å². The van der Waals surface area contributed by atoms with Gasteiger partial charge in [-0.25, -0.2) is 14.8 Å². The highest BCUT2D eigenvalue weighted by molar-refractivity contribution is 7.11. The average molecular weight is 273 g/mol. The lowest BCUT2D eigenvalue weighted by Gasteiger charge is -2.01. The molecule has 2 heterocycles. The van der Waals surface area contributed by atoms with Crippen LogP contribution in [-0.4, -0.2) is 25.6 Å². The molecule has 2 aromatic heterocycles. The van der Waals surface area contributed by atoms with Crippen LogP contribution in [0.2, 0.25) is 0 Å². The molecule has 0 amide bonds. The lowest BCUT2D eigenvalue weighted by molar-refractivity contribution is 0.0697. The van der Waals surface area contributed by atoms with Crippen molar-refractivity contribution in [2.24, 2.45) is 0 Å². The minimum absolute atomic E-state index is 0.253. The van der Waals surface area contributed by atoms with Gasteiger partial charge in [0.25, 0.3) is 0 Å². The van der Waals surface area contributed by atoms with E-state index in [0.717, 1.165) is 10.5 Å². The summed E-state index contributed by atoms with van der Waals surface area (Å²) in [6.07, 6.45) is 3.56. The van der Waals surface area contributed by atoms with Crippen molar-refractivity contribution in [1.29, 1.82) is 0 Å². The zero-order valence-electron chi connectivity index (χ0n) is 10.2. The summed E-state index contributed by atoms with van der Waals surface area (Å²) in [5.41, 5.74) is 1.86. The highest BCUT2D eigenvalue weighted by Crippen LogP contribution is 2.18. The fourth-order valence-electron chi connectivity index (χ4n) is 1.94. The lowest BCUT2D eigenvalue weighted by Crippen LogP contribution is -1.98. The van der Waals surface area contributed by atoms with Crippen LogP contribution in [0.15, 0.2) is 30.7 Å². The normalized spacial score (nSPS) is 11.0. The standard InChI is InChI=1S/C13H11N3O2S/c1-8-5-14-12(19-8)6-16-7-15-10-4-9(13(17)18)2-3-11(10)16/h2-5,7H,6H2,1H3,(H,17,18). The first-order chi connectivity index (χ1) is 9.13. The number of carbonyl (C=O) groups is 1. The van der Waals surface area contributed by atoms with Crippen molar-refractivity contribution >= 4 is 28.3 Å². The van der Waals surface area contributed by atoms with Gasteiger partial charge in [0.15, 0.2) is 0 Å². The van der Waals surface area contributed by atoms with Crippen molar-refractivity contribution in [2.75, 3.05) is 0 Å². The van der Waals surface area contributed by atoms with E-state index in [0.29, 0.717) is 12.1 Å². The second kappa shape index (κ2) is 4.47. The van der Waals surface area contributed by atoms with Gasteiger partial charge in [-0.1, -0.05) is 0 Å². The maximum Gasteiger partial charge on any atom is 0.335 e. The monoisotopic (exact) mass is 273 g/mol. The molecule has 0 unspecified atom stereocenters. The molecule has 0 saturated carbocycles. The summed E-state index contributed by atoms with van der Waals surface area (Å²) in [5, 5.41) is 9.96. The van der Waals surface area contributed by atoms with Gasteiger partial charge in [0.2, 0.25) is 0 Å². The van der Waals surface area contributed by atoms with Crippen molar-refractivity contribution in [1.82, 2.24) is 14.5 Å². The number of carboxylic acids is 1. The van der Waals surface area contributed by atoms with Gasteiger partial charge >= 0.3 is 5.97 Å². The molecule has 1 N–H and O–H groups in total. The molecule has 0 radical (unpaired) electrons. The molecule has 3 aromatic rings. The van der Waals surface area contributed by atoms with Crippen LogP contribution in [0, 0.1) is 6.92 Å². The third kappa shape index (κ3) is 2.22. The van der Waals surface area contributed by atoms with Crippen LogP contribution in [0.1, 0.15) is 20.2 Å². The minimum atomic E-state index is -0.938. The summed E-state index contributed by atoms with van der Waals surface area (Å²) >= 11 is 1.65. The Hall–Kier alpha value is -2.21. The number of thiazole rings is 1. The summed E-state index contributed by atoms with van der Waals surface area (Å²) in [5.74, 6) is -0.938. The number of nitrogens with zero attached hydrogens (tertiary/aromatic N) is 3. The molecule has 3 rings (SSSR count). The molecular weight excluding hydrogens is 262 g/mol. The van der Waals surface area contributed by atoms with Crippen LogP contribution in [0.5, 0.6) is 0 Å². The van der Waals surface area contributed by atoms with Gasteiger partial charge in [0, 0.05) is 11.1 Å². The van der Waals surface area contributed by atoms with Crippen LogP contribution in [0.3, 0.4) is 0 Å². The Morgan fingerprint density at radius 3 is 2.95 bits per heavy atom. The van der Waals surface area contributed by atoms with Crippen LogP contribution < -0.4 is 0 Å². The number of aromatic nitrogens is 3. The van der Waals surface area contributed by atoms with Crippen molar-refractivity contribution in [3.05, 3.63) is 46.2 Å². The van der Waals surface area contributed by atoms with Gasteiger partial charge < -0.3 is 9.67 Å². The molecule has 0 fully saturated rings. The third-order valence-electron chi connectivity index (χ3n) is 2.84. The Morgan fingerprint density at radius 2 is 2.26 bits per heavy atom. The first-order valence-corrected chi connectivity index (χ1v) is 6.54. The van der Waals surface area contributed by atoms with Crippen LogP contribution in [-0.2, 0) is 6.54 Å². The van der Waals surface area contributed by atoms with Crippen LogP contribution >= 0.6 is 11.3 Å². The summed E-state index contributed by atoms with van der Waals surface area (Å²) in [4.78, 5) is 20.6. The zero-order chi connectivity index (χ0) is 13.4. The van der Waals surface area contributed by atoms with E-state index in [2.05, 4.69) is 9.97 Å². The molecule has 0 saturated heterocycles. The Kier molecular flexibility index (Phi) is 2.79.